The number of para-hydroxylation sites is 1. The third-order valence-corrected chi connectivity index (χ3v) is 7.49. The number of amides is 1. The van der Waals surface area contributed by atoms with Crippen LogP contribution in [0.1, 0.15) is 30.9 Å². The Morgan fingerprint density at radius 1 is 0.917 bits per heavy atom. The van der Waals surface area contributed by atoms with Crippen LogP contribution in [0.5, 0.6) is 11.5 Å². The van der Waals surface area contributed by atoms with Crippen molar-refractivity contribution in [3.8, 4) is 11.5 Å². The van der Waals surface area contributed by atoms with E-state index in [1.807, 2.05) is 42.5 Å². The minimum Gasteiger partial charge on any atom is -0.457 e. The molecular formula is C28H33N3O4S. The molecule has 0 bridgehead atoms. The van der Waals surface area contributed by atoms with Crippen LogP contribution in [0.25, 0.3) is 0 Å². The fourth-order valence-electron chi connectivity index (χ4n) is 4.39. The monoisotopic (exact) mass is 507 g/mol. The average Bonchev–Trinajstić information content (AvgIpc) is 3.37. The minimum atomic E-state index is -3.71. The number of hydrogen-bond donors (Lipinski definition) is 1. The molecule has 0 aromatic heterocycles. The number of likely N-dealkylation sites (tertiary alicyclic amines) is 1. The fraction of sp³-hybridized carbons (Fsp3) is 0.321. The molecule has 0 unspecified atom stereocenters. The van der Waals surface area contributed by atoms with Crippen molar-refractivity contribution < 1.29 is 17.9 Å². The zero-order valence-electron chi connectivity index (χ0n) is 20.8. The molecule has 1 fully saturated rings. The van der Waals surface area contributed by atoms with E-state index in [0.29, 0.717) is 23.7 Å². The molecule has 1 atom stereocenters. The summed E-state index contributed by atoms with van der Waals surface area (Å²) in [5.41, 5.74) is 2.61. The van der Waals surface area contributed by atoms with Gasteiger partial charge in [-0.15, -0.1) is 0 Å². The molecule has 0 saturated carbocycles. The first-order valence-corrected chi connectivity index (χ1v) is 14.0. The number of rotatable bonds is 10. The van der Waals surface area contributed by atoms with Gasteiger partial charge in [0.25, 0.3) is 0 Å². The molecule has 1 amide bonds. The van der Waals surface area contributed by atoms with Crippen molar-refractivity contribution in [3.05, 3.63) is 90.0 Å². The van der Waals surface area contributed by atoms with E-state index >= 15 is 0 Å². The molecular weight excluding hydrogens is 474 g/mol. The molecule has 3 aromatic carbocycles. The van der Waals surface area contributed by atoms with E-state index in [4.69, 9.17) is 4.74 Å². The summed E-state index contributed by atoms with van der Waals surface area (Å²) in [5, 5.41) is 2.88. The van der Waals surface area contributed by atoms with Crippen LogP contribution in [0.15, 0.2) is 78.9 Å². The predicted molar refractivity (Wildman–Crippen MR) is 143 cm³/mol. The molecule has 3 aromatic rings. The number of carbonyl (C=O) groups excluding carboxylic acids is 1. The SMILES string of the molecule is C[C@H](C(=O)NCc1ccc(CN2CCCC2)cc1)N(c1ccc(Oc2ccccc2)cc1)S(C)(=O)=O. The number of hydrogen-bond acceptors (Lipinski definition) is 5. The highest BCUT2D eigenvalue weighted by atomic mass is 32.2. The van der Waals surface area contributed by atoms with Crippen molar-refractivity contribution in [2.24, 2.45) is 0 Å². The second-order valence-corrected chi connectivity index (χ2v) is 11.0. The molecule has 0 radical (unpaired) electrons. The van der Waals surface area contributed by atoms with Crippen molar-refractivity contribution in [2.45, 2.75) is 38.9 Å². The normalized spacial score (nSPS) is 14.8. The molecule has 0 aliphatic carbocycles. The lowest BCUT2D eigenvalue weighted by Crippen LogP contribution is -2.47. The van der Waals surface area contributed by atoms with Crippen LogP contribution in [-0.4, -0.2) is 44.6 Å². The van der Waals surface area contributed by atoms with E-state index in [-0.39, 0.29) is 5.91 Å². The molecule has 1 N–H and O–H groups in total. The van der Waals surface area contributed by atoms with Gasteiger partial charge in [-0.05, 0) is 80.4 Å². The third-order valence-electron chi connectivity index (χ3n) is 6.25. The summed E-state index contributed by atoms with van der Waals surface area (Å²) in [7, 11) is -3.71. The molecule has 1 aliphatic heterocycles. The van der Waals surface area contributed by atoms with Gasteiger partial charge in [0.05, 0.1) is 11.9 Å². The molecule has 4 rings (SSSR count). The van der Waals surface area contributed by atoms with Crippen molar-refractivity contribution >= 4 is 21.6 Å². The third kappa shape index (κ3) is 6.86. The first-order valence-electron chi connectivity index (χ1n) is 12.2. The summed E-state index contributed by atoms with van der Waals surface area (Å²) in [5.74, 6) is 0.886. The standard InChI is InChI=1S/C28H33N3O4S/c1-22(28(32)29-20-23-10-12-24(13-11-23)21-30-18-6-7-19-30)31(36(2,33)34)25-14-16-27(17-15-25)35-26-8-4-3-5-9-26/h3-5,8-17,22H,6-7,18-21H2,1-2H3,(H,29,32)/t22-/m1/s1. The summed E-state index contributed by atoms with van der Waals surface area (Å²) in [6, 6.07) is 23.3. The van der Waals surface area contributed by atoms with E-state index in [0.717, 1.165) is 35.8 Å². The zero-order valence-corrected chi connectivity index (χ0v) is 21.6. The van der Waals surface area contributed by atoms with Crippen molar-refractivity contribution in [3.63, 3.8) is 0 Å². The van der Waals surface area contributed by atoms with Crippen molar-refractivity contribution in [1.82, 2.24) is 10.2 Å². The largest absolute Gasteiger partial charge is 0.457 e. The highest BCUT2D eigenvalue weighted by Crippen LogP contribution is 2.27. The first-order chi connectivity index (χ1) is 17.3. The first kappa shape index (κ1) is 25.7. The van der Waals surface area contributed by atoms with Gasteiger partial charge in [0, 0.05) is 13.1 Å². The molecule has 7 nitrogen and oxygen atoms in total. The summed E-state index contributed by atoms with van der Waals surface area (Å²) in [6.07, 6.45) is 3.63. The molecule has 0 spiro atoms. The summed E-state index contributed by atoms with van der Waals surface area (Å²) >= 11 is 0. The molecule has 36 heavy (non-hydrogen) atoms. The number of benzene rings is 3. The molecule has 190 valence electrons. The van der Waals surface area contributed by atoms with Crippen LogP contribution in [0, 0.1) is 0 Å². The van der Waals surface area contributed by atoms with Gasteiger partial charge < -0.3 is 10.1 Å². The van der Waals surface area contributed by atoms with Crippen LogP contribution < -0.4 is 14.4 Å². The lowest BCUT2D eigenvalue weighted by Gasteiger charge is -2.28. The second kappa shape index (κ2) is 11.6. The Hall–Kier alpha value is -3.36. The molecule has 1 aliphatic rings. The van der Waals surface area contributed by atoms with Crippen LogP contribution >= 0.6 is 0 Å². The maximum absolute atomic E-state index is 12.9. The lowest BCUT2D eigenvalue weighted by atomic mass is 10.1. The molecule has 1 saturated heterocycles. The summed E-state index contributed by atoms with van der Waals surface area (Å²) in [4.78, 5) is 15.4. The van der Waals surface area contributed by atoms with Crippen LogP contribution in [0.4, 0.5) is 5.69 Å². The molecule has 1 heterocycles. The number of ether oxygens (including phenoxy) is 1. The molecule has 8 heteroatoms. The Morgan fingerprint density at radius 3 is 2.11 bits per heavy atom. The van der Waals surface area contributed by atoms with E-state index in [1.54, 1.807) is 31.2 Å². The van der Waals surface area contributed by atoms with Gasteiger partial charge in [-0.3, -0.25) is 14.0 Å². The summed E-state index contributed by atoms with van der Waals surface area (Å²) in [6.45, 7) is 5.16. The van der Waals surface area contributed by atoms with Gasteiger partial charge in [0.15, 0.2) is 0 Å². The van der Waals surface area contributed by atoms with E-state index in [9.17, 15) is 13.2 Å². The Balaban J connectivity index is 1.38. The number of anilines is 1. The predicted octanol–water partition coefficient (Wildman–Crippen LogP) is 4.55. The van der Waals surface area contributed by atoms with Gasteiger partial charge >= 0.3 is 0 Å². The van der Waals surface area contributed by atoms with Crippen LogP contribution in [0.2, 0.25) is 0 Å². The highest BCUT2D eigenvalue weighted by Gasteiger charge is 2.29. The Labute approximate surface area is 213 Å². The number of nitrogens with one attached hydrogen (secondary N) is 1. The van der Waals surface area contributed by atoms with E-state index in [1.165, 1.54) is 18.4 Å². The van der Waals surface area contributed by atoms with Crippen LogP contribution in [-0.2, 0) is 27.9 Å². The van der Waals surface area contributed by atoms with Gasteiger partial charge in [-0.25, -0.2) is 8.42 Å². The summed E-state index contributed by atoms with van der Waals surface area (Å²) < 4.78 is 32.2. The quantitative estimate of drug-likeness (QED) is 0.436. The van der Waals surface area contributed by atoms with Gasteiger partial charge in [0.2, 0.25) is 15.9 Å². The topological polar surface area (TPSA) is 79.0 Å². The van der Waals surface area contributed by atoms with Gasteiger partial charge in [-0.1, -0.05) is 42.5 Å². The van der Waals surface area contributed by atoms with Gasteiger partial charge in [-0.2, -0.15) is 0 Å². The zero-order chi connectivity index (χ0) is 25.5. The Bertz CT molecular complexity index is 1240. The smallest absolute Gasteiger partial charge is 0.243 e. The Kier molecular flexibility index (Phi) is 8.28. The fourth-order valence-corrected chi connectivity index (χ4v) is 5.57. The average molecular weight is 508 g/mol. The maximum atomic E-state index is 12.9. The Morgan fingerprint density at radius 2 is 1.50 bits per heavy atom. The number of sulfonamides is 1. The van der Waals surface area contributed by atoms with Crippen molar-refractivity contribution in [2.75, 3.05) is 23.7 Å². The van der Waals surface area contributed by atoms with E-state index < -0.39 is 16.1 Å². The second-order valence-electron chi connectivity index (χ2n) is 9.16. The van der Waals surface area contributed by atoms with Crippen LogP contribution in [0.3, 0.4) is 0 Å². The maximum Gasteiger partial charge on any atom is 0.243 e. The minimum absolute atomic E-state index is 0.328. The van der Waals surface area contributed by atoms with Gasteiger partial charge in [0.1, 0.15) is 17.5 Å². The number of nitrogens with zero attached hydrogens (tertiary/aromatic N) is 2. The lowest BCUT2D eigenvalue weighted by molar-refractivity contribution is -0.122. The van der Waals surface area contributed by atoms with E-state index in [2.05, 4.69) is 22.3 Å². The number of carbonyl (C=O) groups is 1. The highest BCUT2D eigenvalue weighted by molar-refractivity contribution is 7.92. The van der Waals surface area contributed by atoms with Crippen molar-refractivity contribution in [1.29, 1.82) is 0 Å².